The molecule has 0 fully saturated rings. The van der Waals surface area contributed by atoms with Crippen molar-refractivity contribution < 1.29 is 5.11 Å². The average molecular weight is 215 g/mol. The van der Waals surface area contributed by atoms with Gasteiger partial charge in [-0.25, -0.2) is 0 Å². The molecule has 4 N–H and O–H groups in total. The fraction of sp³-hybridized carbons (Fsp3) is 0.909. The van der Waals surface area contributed by atoms with E-state index in [9.17, 15) is 5.11 Å². The van der Waals surface area contributed by atoms with E-state index in [1.807, 2.05) is 13.8 Å². The van der Waals surface area contributed by atoms with Crippen molar-refractivity contribution >= 4 is 5.96 Å². The number of nitrogens with zero attached hydrogens (tertiary/aromatic N) is 1. The van der Waals surface area contributed by atoms with E-state index in [1.165, 1.54) is 0 Å². The molecule has 0 aromatic heterocycles. The Morgan fingerprint density at radius 2 is 1.93 bits per heavy atom. The van der Waals surface area contributed by atoms with Gasteiger partial charge in [-0.05, 0) is 33.1 Å². The van der Waals surface area contributed by atoms with Crippen LogP contribution in [0.25, 0.3) is 0 Å². The lowest BCUT2D eigenvalue weighted by Gasteiger charge is -2.23. The normalized spacial score (nSPS) is 16.9. The molecule has 0 aromatic carbocycles. The van der Waals surface area contributed by atoms with Crippen molar-refractivity contribution in [2.75, 3.05) is 6.54 Å². The Kier molecular flexibility index (Phi) is 5.65. The van der Waals surface area contributed by atoms with Crippen molar-refractivity contribution in [1.82, 2.24) is 5.32 Å². The summed E-state index contributed by atoms with van der Waals surface area (Å²) in [6.07, 6.45) is 0.728. The second kappa shape index (κ2) is 5.95. The third-order valence-corrected chi connectivity index (χ3v) is 1.87. The molecule has 4 nitrogen and oxygen atoms in total. The summed E-state index contributed by atoms with van der Waals surface area (Å²) in [5, 5.41) is 13.0. The number of hydrogen-bond acceptors (Lipinski definition) is 2. The van der Waals surface area contributed by atoms with Crippen molar-refractivity contribution in [1.29, 1.82) is 0 Å². The van der Waals surface area contributed by atoms with Crippen LogP contribution < -0.4 is 11.1 Å². The number of nitrogens with one attached hydrogen (secondary N) is 1. The van der Waals surface area contributed by atoms with Crippen LogP contribution in [-0.2, 0) is 0 Å². The number of aliphatic hydroxyl groups is 1. The molecule has 0 rings (SSSR count). The summed E-state index contributed by atoms with van der Waals surface area (Å²) in [4.78, 5) is 4.12. The third kappa shape index (κ3) is 8.24. The van der Waals surface area contributed by atoms with Crippen molar-refractivity contribution in [3.05, 3.63) is 0 Å². The van der Waals surface area contributed by atoms with E-state index < -0.39 is 5.60 Å². The summed E-state index contributed by atoms with van der Waals surface area (Å²) in [7, 11) is 0. The highest BCUT2D eigenvalue weighted by Gasteiger charge is 2.21. The molecule has 90 valence electrons. The Bertz CT molecular complexity index is 210. The van der Waals surface area contributed by atoms with E-state index >= 15 is 0 Å². The van der Waals surface area contributed by atoms with Crippen LogP contribution in [0.5, 0.6) is 0 Å². The number of hydrogen-bond donors (Lipinski definition) is 3. The van der Waals surface area contributed by atoms with E-state index in [4.69, 9.17) is 5.73 Å². The second-order valence-electron chi connectivity index (χ2n) is 5.10. The van der Waals surface area contributed by atoms with Gasteiger partial charge in [-0.3, -0.25) is 4.99 Å². The molecule has 0 spiro atoms. The summed E-state index contributed by atoms with van der Waals surface area (Å²) < 4.78 is 0. The Hall–Kier alpha value is -0.770. The molecular weight excluding hydrogens is 190 g/mol. The molecule has 1 atom stereocenters. The van der Waals surface area contributed by atoms with Crippen LogP contribution in [0.2, 0.25) is 0 Å². The maximum Gasteiger partial charge on any atom is 0.188 e. The molecule has 0 saturated heterocycles. The molecule has 0 heterocycles. The Morgan fingerprint density at radius 1 is 1.40 bits per heavy atom. The van der Waals surface area contributed by atoms with E-state index in [2.05, 4.69) is 24.2 Å². The first-order valence-electron chi connectivity index (χ1n) is 5.52. The molecule has 0 amide bonds. The Labute approximate surface area is 93.0 Å². The fourth-order valence-electron chi connectivity index (χ4n) is 1.54. The number of rotatable bonds is 5. The molecule has 0 aliphatic heterocycles. The van der Waals surface area contributed by atoms with Crippen LogP contribution in [0.1, 0.15) is 41.0 Å². The largest absolute Gasteiger partial charge is 0.388 e. The summed E-state index contributed by atoms with van der Waals surface area (Å²) in [5.41, 5.74) is 4.87. The topological polar surface area (TPSA) is 70.6 Å². The Morgan fingerprint density at radius 3 is 2.33 bits per heavy atom. The molecule has 1 unspecified atom stereocenters. The van der Waals surface area contributed by atoms with Gasteiger partial charge in [0, 0.05) is 6.04 Å². The summed E-state index contributed by atoms with van der Waals surface area (Å²) in [6, 6.07) is 0.267. The van der Waals surface area contributed by atoms with Crippen molar-refractivity contribution in [3.63, 3.8) is 0 Å². The fourth-order valence-corrected chi connectivity index (χ4v) is 1.54. The zero-order chi connectivity index (χ0) is 12.1. The van der Waals surface area contributed by atoms with Gasteiger partial charge >= 0.3 is 0 Å². The van der Waals surface area contributed by atoms with E-state index in [0.29, 0.717) is 18.4 Å². The van der Waals surface area contributed by atoms with E-state index in [0.717, 1.165) is 6.42 Å². The van der Waals surface area contributed by atoms with Gasteiger partial charge < -0.3 is 16.2 Å². The first-order valence-corrected chi connectivity index (χ1v) is 5.52. The SMILES string of the molecule is CC(C)CC(C)(O)CN=C(N)NC(C)C. The lowest BCUT2D eigenvalue weighted by Crippen LogP contribution is -2.39. The van der Waals surface area contributed by atoms with Crippen molar-refractivity contribution in [2.45, 2.75) is 52.7 Å². The van der Waals surface area contributed by atoms with Gasteiger partial charge in [0.2, 0.25) is 0 Å². The quantitative estimate of drug-likeness (QED) is 0.475. The first kappa shape index (κ1) is 14.2. The van der Waals surface area contributed by atoms with Gasteiger partial charge in [-0.2, -0.15) is 0 Å². The minimum atomic E-state index is -0.766. The maximum atomic E-state index is 9.98. The highest BCUT2D eigenvalue weighted by molar-refractivity contribution is 5.78. The van der Waals surface area contributed by atoms with Gasteiger partial charge in [-0.15, -0.1) is 0 Å². The average Bonchev–Trinajstić information content (AvgIpc) is 1.97. The summed E-state index contributed by atoms with van der Waals surface area (Å²) in [6.45, 7) is 10.3. The molecular formula is C11H25N3O. The molecule has 0 aliphatic carbocycles. The smallest absolute Gasteiger partial charge is 0.188 e. The highest BCUT2D eigenvalue weighted by atomic mass is 16.3. The standard InChI is InChI=1S/C11H25N3O/c1-8(2)6-11(5,15)7-13-10(12)14-9(3)4/h8-9,15H,6-7H2,1-5H3,(H3,12,13,14). The predicted octanol–water partition coefficient (Wildman–Crippen LogP) is 1.10. The minimum absolute atomic E-state index is 0.267. The van der Waals surface area contributed by atoms with Gasteiger partial charge in [0.1, 0.15) is 0 Å². The Balaban J connectivity index is 4.11. The van der Waals surface area contributed by atoms with E-state index in [1.54, 1.807) is 6.92 Å². The first-order chi connectivity index (χ1) is 6.73. The zero-order valence-corrected chi connectivity index (χ0v) is 10.5. The van der Waals surface area contributed by atoms with Gasteiger partial charge in [-0.1, -0.05) is 13.8 Å². The number of nitrogens with two attached hydrogens (primary N) is 1. The van der Waals surface area contributed by atoms with Gasteiger partial charge in [0.15, 0.2) is 5.96 Å². The van der Waals surface area contributed by atoms with Crippen molar-refractivity contribution in [2.24, 2.45) is 16.6 Å². The molecule has 0 saturated carbocycles. The molecule has 15 heavy (non-hydrogen) atoms. The number of guanidine groups is 1. The zero-order valence-electron chi connectivity index (χ0n) is 10.5. The van der Waals surface area contributed by atoms with Crippen LogP contribution >= 0.6 is 0 Å². The van der Waals surface area contributed by atoms with Crippen LogP contribution in [0.3, 0.4) is 0 Å². The highest BCUT2D eigenvalue weighted by Crippen LogP contribution is 2.16. The molecule has 0 bridgehead atoms. The van der Waals surface area contributed by atoms with Crippen LogP contribution in [0.15, 0.2) is 4.99 Å². The summed E-state index contributed by atoms with van der Waals surface area (Å²) in [5.74, 6) is 0.850. The van der Waals surface area contributed by atoms with Crippen LogP contribution in [-0.4, -0.2) is 29.3 Å². The van der Waals surface area contributed by atoms with Gasteiger partial charge in [0.25, 0.3) is 0 Å². The third-order valence-electron chi connectivity index (χ3n) is 1.87. The van der Waals surface area contributed by atoms with Gasteiger partial charge in [0.05, 0.1) is 12.1 Å². The van der Waals surface area contributed by atoms with Crippen LogP contribution in [0.4, 0.5) is 0 Å². The molecule has 4 heteroatoms. The monoisotopic (exact) mass is 215 g/mol. The molecule has 0 radical (unpaired) electrons. The predicted molar refractivity (Wildman–Crippen MR) is 64.8 cm³/mol. The lowest BCUT2D eigenvalue weighted by atomic mass is 9.94. The second-order valence-corrected chi connectivity index (χ2v) is 5.10. The number of aliphatic imine (C=N–C) groups is 1. The van der Waals surface area contributed by atoms with E-state index in [-0.39, 0.29) is 6.04 Å². The summed E-state index contributed by atoms with van der Waals surface area (Å²) >= 11 is 0. The van der Waals surface area contributed by atoms with Crippen LogP contribution in [0, 0.1) is 5.92 Å². The minimum Gasteiger partial charge on any atom is -0.388 e. The molecule has 0 aromatic rings. The lowest BCUT2D eigenvalue weighted by molar-refractivity contribution is 0.0477. The maximum absolute atomic E-state index is 9.98. The van der Waals surface area contributed by atoms with Crippen molar-refractivity contribution in [3.8, 4) is 0 Å². The molecule has 0 aliphatic rings.